The summed E-state index contributed by atoms with van der Waals surface area (Å²) in [5, 5.41) is 11.8. The second-order valence-electron chi connectivity index (χ2n) is 5.83. The van der Waals surface area contributed by atoms with Gasteiger partial charge in [-0.25, -0.2) is 0 Å². The summed E-state index contributed by atoms with van der Waals surface area (Å²) in [5.74, 6) is 0.0452. The maximum Gasteiger partial charge on any atom is 0.227 e. The molecule has 0 aromatic heterocycles. The van der Waals surface area contributed by atoms with Crippen molar-refractivity contribution in [2.45, 2.75) is 52.0 Å². The standard InChI is InChI=1S/C17H28N2O2/c1-13(6-3-7-14(2)18)17(21)19-16-10-4-8-15(12-16)9-5-11-20/h4,8,10,12-14,20H,3,5-7,9,11,18H2,1-2H3,(H,19,21). The topological polar surface area (TPSA) is 75.4 Å². The van der Waals surface area contributed by atoms with Crippen LogP contribution >= 0.6 is 0 Å². The van der Waals surface area contributed by atoms with Crippen molar-refractivity contribution in [3.05, 3.63) is 29.8 Å². The molecule has 0 bridgehead atoms. The van der Waals surface area contributed by atoms with Gasteiger partial charge in [-0.2, -0.15) is 0 Å². The molecular formula is C17H28N2O2. The summed E-state index contributed by atoms with van der Waals surface area (Å²) in [6.45, 7) is 4.13. The third-order valence-electron chi connectivity index (χ3n) is 3.56. The van der Waals surface area contributed by atoms with E-state index in [4.69, 9.17) is 10.8 Å². The first-order valence-corrected chi connectivity index (χ1v) is 7.79. The predicted molar refractivity (Wildman–Crippen MR) is 87.1 cm³/mol. The second kappa shape index (κ2) is 9.53. The van der Waals surface area contributed by atoms with Gasteiger partial charge in [0.1, 0.15) is 0 Å². The summed E-state index contributed by atoms with van der Waals surface area (Å²) in [7, 11) is 0. The highest BCUT2D eigenvalue weighted by molar-refractivity contribution is 5.92. The first-order valence-electron chi connectivity index (χ1n) is 7.79. The van der Waals surface area contributed by atoms with Gasteiger partial charge in [0.15, 0.2) is 0 Å². The Morgan fingerprint density at radius 3 is 2.71 bits per heavy atom. The summed E-state index contributed by atoms with van der Waals surface area (Å²) < 4.78 is 0. The Morgan fingerprint density at radius 1 is 1.29 bits per heavy atom. The maximum absolute atomic E-state index is 12.1. The fourth-order valence-corrected chi connectivity index (χ4v) is 2.23. The van der Waals surface area contributed by atoms with Gasteiger partial charge in [0.05, 0.1) is 0 Å². The van der Waals surface area contributed by atoms with Gasteiger partial charge in [-0.1, -0.05) is 25.5 Å². The molecule has 0 saturated heterocycles. The van der Waals surface area contributed by atoms with Crippen molar-refractivity contribution in [3.8, 4) is 0 Å². The number of benzene rings is 1. The second-order valence-corrected chi connectivity index (χ2v) is 5.83. The van der Waals surface area contributed by atoms with Gasteiger partial charge in [0.25, 0.3) is 0 Å². The Hall–Kier alpha value is -1.39. The monoisotopic (exact) mass is 292 g/mol. The molecule has 118 valence electrons. The summed E-state index contributed by atoms with van der Waals surface area (Å²) in [4.78, 5) is 12.1. The fourth-order valence-electron chi connectivity index (χ4n) is 2.23. The zero-order valence-corrected chi connectivity index (χ0v) is 13.1. The fraction of sp³-hybridized carbons (Fsp3) is 0.588. The predicted octanol–water partition coefficient (Wildman–Crippen LogP) is 2.70. The van der Waals surface area contributed by atoms with Crippen LogP contribution in [-0.4, -0.2) is 23.7 Å². The number of aliphatic hydroxyl groups is 1. The van der Waals surface area contributed by atoms with Gasteiger partial charge in [0.2, 0.25) is 5.91 Å². The van der Waals surface area contributed by atoms with E-state index in [1.165, 1.54) is 0 Å². The number of hydrogen-bond donors (Lipinski definition) is 3. The van der Waals surface area contributed by atoms with Gasteiger partial charge < -0.3 is 16.2 Å². The highest BCUT2D eigenvalue weighted by Crippen LogP contribution is 2.15. The molecule has 0 aliphatic carbocycles. The number of amides is 1. The summed E-state index contributed by atoms with van der Waals surface area (Å²) in [5.41, 5.74) is 7.68. The quantitative estimate of drug-likeness (QED) is 0.655. The SMILES string of the molecule is CC(N)CCCC(C)C(=O)Nc1cccc(CCCO)c1. The van der Waals surface area contributed by atoms with Crippen molar-refractivity contribution in [1.29, 1.82) is 0 Å². The number of nitrogens with two attached hydrogens (primary N) is 1. The number of rotatable bonds is 9. The maximum atomic E-state index is 12.1. The van der Waals surface area contributed by atoms with Gasteiger partial charge >= 0.3 is 0 Å². The van der Waals surface area contributed by atoms with Gasteiger partial charge in [-0.3, -0.25) is 4.79 Å². The largest absolute Gasteiger partial charge is 0.396 e. The third-order valence-corrected chi connectivity index (χ3v) is 3.56. The number of carbonyl (C=O) groups is 1. The molecule has 1 rings (SSSR count). The molecule has 2 unspecified atom stereocenters. The molecule has 2 atom stereocenters. The smallest absolute Gasteiger partial charge is 0.227 e. The van der Waals surface area contributed by atoms with Crippen molar-refractivity contribution >= 4 is 11.6 Å². The van der Waals surface area contributed by atoms with Crippen LogP contribution in [0.4, 0.5) is 5.69 Å². The number of aryl methyl sites for hydroxylation is 1. The molecule has 1 aromatic carbocycles. The average molecular weight is 292 g/mol. The Balaban J connectivity index is 2.46. The van der Waals surface area contributed by atoms with E-state index >= 15 is 0 Å². The van der Waals surface area contributed by atoms with Crippen LogP contribution in [0.3, 0.4) is 0 Å². The first kappa shape index (κ1) is 17.7. The van der Waals surface area contributed by atoms with Crippen LogP contribution in [0.15, 0.2) is 24.3 Å². The van der Waals surface area contributed by atoms with E-state index in [9.17, 15) is 4.79 Å². The van der Waals surface area contributed by atoms with E-state index in [-0.39, 0.29) is 24.5 Å². The lowest BCUT2D eigenvalue weighted by molar-refractivity contribution is -0.119. The molecule has 0 saturated carbocycles. The van der Waals surface area contributed by atoms with Crippen molar-refractivity contribution in [2.24, 2.45) is 11.7 Å². The van der Waals surface area contributed by atoms with Crippen molar-refractivity contribution in [2.75, 3.05) is 11.9 Å². The molecule has 1 aromatic rings. The summed E-state index contributed by atoms with van der Waals surface area (Å²) in [6, 6.07) is 8.01. The van der Waals surface area contributed by atoms with Crippen LogP contribution in [0, 0.1) is 5.92 Å². The molecule has 4 N–H and O–H groups in total. The van der Waals surface area contributed by atoms with Gasteiger partial charge in [0, 0.05) is 24.3 Å². The Kier molecular flexibility index (Phi) is 8.01. The van der Waals surface area contributed by atoms with Crippen LogP contribution in [-0.2, 0) is 11.2 Å². The minimum absolute atomic E-state index is 0.00940. The lowest BCUT2D eigenvalue weighted by Crippen LogP contribution is -2.21. The van der Waals surface area contributed by atoms with Crippen molar-refractivity contribution in [1.82, 2.24) is 0 Å². The van der Waals surface area contributed by atoms with E-state index in [1.54, 1.807) is 0 Å². The Morgan fingerprint density at radius 2 is 2.05 bits per heavy atom. The number of hydrogen-bond acceptors (Lipinski definition) is 3. The molecule has 21 heavy (non-hydrogen) atoms. The van der Waals surface area contributed by atoms with Crippen molar-refractivity contribution < 1.29 is 9.90 Å². The van der Waals surface area contributed by atoms with Crippen LogP contribution in [0.2, 0.25) is 0 Å². The summed E-state index contributed by atoms with van der Waals surface area (Å²) >= 11 is 0. The summed E-state index contributed by atoms with van der Waals surface area (Å²) in [6.07, 6.45) is 4.35. The van der Waals surface area contributed by atoms with Crippen molar-refractivity contribution in [3.63, 3.8) is 0 Å². The van der Waals surface area contributed by atoms with E-state index in [2.05, 4.69) is 5.32 Å². The minimum Gasteiger partial charge on any atom is -0.396 e. The zero-order valence-electron chi connectivity index (χ0n) is 13.1. The average Bonchev–Trinajstić information content (AvgIpc) is 2.45. The zero-order chi connectivity index (χ0) is 15.7. The molecule has 0 aliphatic rings. The number of anilines is 1. The van der Waals surface area contributed by atoms with Crippen LogP contribution in [0.25, 0.3) is 0 Å². The minimum atomic E-state index is -0.00940. The molecule has 0 aliphatic heterocycles. The van der Waals surface area contributed by atoms with Crippen LogP contribution < -0.4 is 11.1 Å². The molecule has 4 heteroatoms. The Labute approximate surface area is 127 Å². The highest BCUT2D eigenvalue weighted by atomic mass is 16.2. The lowest BCUT2D eigenvalue weighted by atomic mass is 10.0. The number of carbonyl (C=O) groups excluding carboxylic acids is 1. The normalized spacial score (nSPS) is 13.7. The van der Waals surface area contributed by atoms with Crippen LogP contribution in [0.5, 0.6) is 0 Å². The van der Waals surface area contributed by atoms with E-state index < -0.39 is 0 Å². The lowest BCUT2D eigenvalue weighted by Gasteiger charge is -2.13. The van der Waals surface area contributed by atoms with Gasteiger partial charge in [-0.15, -0.1) is 0 Å². The number of nitrogens with one attached hydrogen (secondary N) is 1. The van der Waals surface area contributed by atoms with Crippen LogP contribution in [0.1, 0.15) is 45.1 Å². The van der Waals surface area contributed by atoms with E-state index in [0.29, 0.717) is 0 Å². The molecule has 0 radical (unpaired) electrons. The molecule has 1 amide bonds. The first-order chi connectivity index (χ1) is 10.0. The highest BCUT2D eigenvalue weighted by Gasteiger charge is 2.13. The van der Waals surface area contributed by atoms with E-state index in [0.717, 1.165) is 43.4 Å². The third kappa shape index (κ3) is 7.25. The molecule has 4 nitrogen and oxygen atoms in total. The molecule has 0 heterocycles. The molecule has 0 fully saturated rings. The van der Waals surface area contributed by atoms with Gasteiger partial charge in [-0.05, 0) is 50.3 Å². The molecular weight excluding hydrogens is 264 g/mol. The molecule has 0 spiro atoms. The van der Waals surface area contributed by atoms with E-state index in [1.807, 2.05) is 38.1 Å². The number of aliphatic hydroxyl groups excluding tert-OH is 1. The Bertz CT molecular complexity index is 433.